The van der Waals surface area contributed by atoms with Gasteiger partial charge in [0.1, 0.15) is 12.7 Å². The third-order valence-corrected chi connectivity index (χ3v) is 2.26. The summed E-state index contributed by atoms with van der Waals surface area (Å²) in [6.07, 6.45) is -2.23. The van der Waals surface area contributed by atoms with E-state index in [1.807, 2.05) is 0 Å². The topological polar surface area (TPSA) is 73.8 Å². The van der Waals surface area contributed by atoms with Crippen LogP contribution in [0.5, 0.6) is 0 Å². The zero-order valence-electron chi connectivity index (χ0n) is 8.85. The number of benzene rings is 1. The van der Waals surface area contributed by atoms with Gasteiger partial charge in [0.2, 0.25) is 5.91 Å². The van der Waals surface area contributed by atoms with E-state index < -0.39 is 23.2 Å². The quantitative estimate of drug-likeness (QED) is 0.882. The summed E-state index contributed by atoms with van der Waals surface area (Å²) in [6.45, 7) is 0. The molecule has 1 heterocycles. The predicted molar refractivity (Wildman–Crippen MR) is 54.9 cm³/mol. The lowest BCUT2D eigenvalue weighted by Crippen LogP contribution is -2.19. The predicted octanol–water partition coefficient (Wildman–Crippen LogP) is 1.39. The van der Waals surface area contributed by atoms with Gasteiger partial charge in [-0.2, -0.15) is 18.3 Å². The molecule has 2 aromatic rings. The Bertz CT molecular complexity index is 577. The molecule has 1 amide bonds. The molecule has 0 radical (unpaired) electrons. The van der Waals surface area contributed by atoms with Crippen LogP contribution in [0.3, 0.4) is 0 Å². The number of halogens is 3. The maximum Gasteiger partial charge on any atom is 0.417 e. The van der Waals surface area contributed by atoms with Crippen LogP contribution in [0.15, 0.2) is 30.9 Å². The van der Waals surface area contributed by atoms with E-state index >= 15 is 0 Å². The first-order valence-electron chi connectivity index (χ1n) is 4.75. The molecule has 5 nitrogen and oxygen atoms in total. The van der Waals surface area contributed by atoms with Gasteiger partial charge in [-0.05, 0) is 18.2 Å². The first kappa shape index (κ1) is 12.1. The Labute approximate surface area is 99.0 Å². The second-order valence-electron chi connectivity index (χ2n) is 3.43. The van der Waals surface area contributed by atoms with Gasteiger partial charge in [-0.3, -0.25) is 4.79 Å². The van der Waals surface area contributed by atoms with E-state index in [1.54, 1.807) is 0 Å². The van der Waals surface area contributed by atoms with E-state index in [1.165, 1.54) is 18.7 Å². The monoisotopic (exact) mass is 256 g/mol. The number of carbonyl (C=O) groups excluding carboxylic acids is 1. The molecule has 2 N–H and O–H groups in total. The summed E-state index contributed by atoms with van der Waals surface area (Å²) in [5, 5.41) is 3.71. The number of hydrogen-bond donors (Lipinski definition) is 1. The Balaban J connectivity index is 2.60. The van der Waals surface area contributed by atoms with Crippen molar-refractivity contribution in [3.05, 3.63) is 42.0 Å². The van der Waals surface area contributed by atoms with Crippen LogP contribution in [0.1, 0.15) is 15.9 Å². The number of rotatable bonds is 2. The lowest BCUT2D eigenvalue weighted by Gasteiger charge is -2.12. The molecule has 2 rings (SSSR count). The first-order valence-corrected chi connectivity index (χ1v) is 4.75. The highest BCUT2D eigenvalue weighted by atomic mass is 19.4. The Hall–Kier alpha value is -2.38. The summed E-state index contributed by atoms with van der Waals surface area (Å²) < 4.78 is 39.5. The van der Waals surface area contributed by atoms with Gasteiger partial charge in [-0.25, -0.2) is 9.67 Å². The molecule has 0 saturated carbocycles. The SMILES string of the molecule is NC(=O)c1ccc(-n2cncn2)cc1C(F)(F)F. The fraction of sp³-hybridized carbons (Fsp3) is 0.100. The van der Waals surface area contributed by atoms with Gasteiger partial charge in [0.25, 0.3) is 0 Å². The molecular formula is C10H7F3N4O. The number of hydrogen-bond acceptors (Lipinski definition) is 3. The van der Waals surface area contributed by atoms with Crippen molar-refractivity contribution in [1.29, 1.82) is 0 Å². The van der Waals surface area contributed by atoms with Crippen molar-refractivity contribution >= 4 is 5.91 Å². The fourth-order valence-corrected chi connectivity index (χ4v) is 1.47. The summed E-state index contributed by atoms with van der Waals surface area (Å²) in [4.78, 5) is 14.6. The molecular weight excluding hydrogens is 249 g/mol. The van der Waals surface area contributed by atoms with E-state index in [2.05, 4.69) is 10.1 Å². The number of alkyl halides is 3. The molecule has 0 aliphatic heterocycles. The zero-order chi connectivity index (χ0) is 13.3. The molecule has 94 valence electrons. The van der Waals surface area contributed by atoms with Crippen molar-refractivity contribution in [3.63, 3.8) is 0 Å². The molecule has 0 fully saturated rings. The van der Waals surface area contributed by atoms with E-state index in [9.17, 15) is 18.0 Å². The van der Waals surface area contributed by atoms with E-state index in [0.717, 1.165) is 16.8 Å². The maximum absolute atomic E-state index is 12.8. The molecule has 0 aliphatic carbocycles. The van der Waals surface area contributed by atoms with Gasteiger partial charge in [0, 0.05) is 0 Å². The van der Waals surface area contributed by atoms with Gasteiger partial charge in [-0.15, -0.1) is 0 Å². The second kappa shape index (κ2) is 4.13. The van der Waals surface area contributed by atoms with Crippen molar-refractivity contribution in [2.45, 2.75) is 6.18 Å². The molecule has 0 aliphatic rings. The van der Waals surface area contributed by atoms with Crippen molar-refractivity contribution in [2.24, 2.45) is 5.73 Å². The smallest absolute Gasteiger partial charge is 0.366 e. The van der Waals surface area contributed by atoms with Crippen LogP contribution in [0.25, 0.3) is 5.69 Å². The van der Waals surface area contributed by atoms with Crippen molar-refractivity contribution in [2.75, 3.05) is 0 Å². The average molecular weight is 256 g/mol. The van der Waals surface area contributed by atoms with Crippen LogP contribution in [-0.2, 0) is 6.18 Å². The average Bonchev–Trinajstić information content (AvgIpc) is 2.80. The van der Waals surface area contributed by atoms with E-state index in [4.69, 9.17) is 5.73 Å². The zero-order valence-corrected chi connectivity index (χ0v) is 8.85. The van der Waals surface area contributed by atoms with Crippen LogP contribution in [0.2, 0.25) is 0 Å². The van der Waals surface area contributed by atoms with Crippen molar-refractivity contribution in [3.8, 4) is 5.69 Å². The minimum Gasteiger partial charge on any atom is -0.366 e. The van der Waals surface area contributed by atoms with Gasteiger partial charge in [-0.1, -0.05) is 0 Å². The molecule has 8 heteroatoms. The van der Waals surface area contributed by atoms with Crippen molar-refractivity contribution in [1.82, 2.24) is 14.8 Å². The summed E-state index contributed by atoms with van der Waals surface area (Å²) in [5.74, 6) is -1.13. The Morgan fingerprint density at radius 1 is 1.33 bits per heavy atom. The van der Waals surface area contributed by atoms with Crippen LogP contribution in [0, 0.1) is 0 Å². The molecule has 0 atom stereocenters. The molecule has 1 aromatic carbocycles. The van der Waals surface area contributed by atoms with Crippen LogP contribution >= 0.6 is 0 Å². The van der Waals surface area contributed by atoms with Gasteiger partial charge >= 0.3 is 6.18 Å². The largest absolute Gasteiger partial charge is 0.417 e. The Morgan fingerprint density at radius 2 is 2.06 bits per heavy atom. The van der Waals surface area contributed by atoms with E-state index in [-0.39, 0.29) is 5.69 Å². The summed E-state index contributed by atoms with van der Waals surface area (Å²) >= 11 is 0. The number of nitrogens with zero attached hydrogens (tertiary/aromatic N) is 3. The Morgan fingerprint density at radius 3 is 2.56 bits per heavy atom. The summed E-state index contributed by atoms with van der Waals surface area (Å²) in [5.41, 5.74) is 3.38. The second-order valence-corrected chi connectivity index (χ2v) is 3.43. The Kier molecular flexibility index (Phi) is 2.77. The fourth-order valence-electron chi connectivity index (χ4n) is 1.47. The van der Waals surface area contributed by atoms with E-state index in [0.29, 0.717) is 0 Å². The minimum absolute atomic E-state index is 0.143. The molecule has 18 heavy (non-hydrogen) atoms. The van der Waals surface area contributed by atoms with Crippen molar-refractivity contribution < 1.29 is 18.0 Å². The van der Waals surface area contributed by atoms with Gasteiger partial charge in [0.05, 0.1) is 16.8 Å². The summed E-state index contributed by atoms with van der Waals surface area (Å²) in [6, 6.07) is 3.13. The number of amides is 1. The maximum atomic E-state index is 12.8. The highest BCUT2D eigenvalue weighted by Crippen LogP contribution is 2.33. The molecule has 1 aromatic heterocycles. The number of primary amides is 1. The minimum atomic E-state index is -4.67. The summed E-state index contributed by atoms with van der Waals surface area (Å²) in [7, 11) is 0. The third-order valence-electron chi connectivity index (χ3n) is 2.26. The lowest BCUT2D eigenvalue weighted by molar-refractivity contribution is -0.137. The van der Waals surface area contributed by atoms with Gasteiger partial charge < -0.3 is 5.73 Å². The highest BCUT2D eigenvalue weighted by Gasteiger charge is 2.35. The molecule has 0 spiro atoms. The number of aromatic nitrogens is 3. The van der Waals surface area contributed by atoms with Crippen LogP contribution < -0.4 is 5.73 Å². The lowest BCUT2D eigenvalue weighted by atomic mass is 10.1. The standard InChI is InChI=1S/C10H7F3N4O/c11-10(12,13)8-3-6(17-5-15-4-16-17)1-2-7(8)9(14)18/h1-5H,(H2,14,18). The number of carbonyl (C=O) groups is 1. The third kappa shape index (κ3) is 2.17. The van der Waals surface area contributed by atoms with Crippen LogP contribution in [-0.4, -0.2) is 20.7 Å². The first-order chi connectivity index (χ1) is 8.39. The molecule has 0 bridgehead atoms. The molecule has 0 unspecified atom stereocenters. The van der Waals surface area contributed by atoms with Crippen LogP contribution in [0.4, 0.5) is 13.2 Å². The van der Waals surface area contributed by atoms with Gasteiger partial charge in [0.15, 0.2) is 0 Å². The normalized spacial score (nSPS) is 11.5. The number of nitrogens with two attached hydrogens (primary N) is 1. The highest BCUT2D eigenvalue weighted by molar-refractivity contribution is 5.94. The molecule has 0 saturated heterocycles.